The highest BCUT2D eigenvalue weighted by Gasteiger charge is 2.24. The Morgan fingerprint density at radius 1 is 0.739 bits per heavy atom. The predicted octanol–water partition coefficient (Wildman–Crippen LogP) is 7.93. The minimum absolute atomic E-state index is 0.00204. The van der Waals surface area contributed by atoms with Gasteiger partial charge in [0.1, 0.15) is 11.4 Å². The number of rotatable bonds is 9. The molecule has 3 N–H and O–H groups in total. The molecule has 0 aliphatic heterocycles. The number of hydrogen-bond acceptors (Lipinski definition) is 4. The fourth-order valence-corrected chi connectivity index (χ4v) is 5.32. The van der Waals surface area contributed by atoms with Gasteiger partial charge < -0.3 is 16.0 Å². The van der Waals surface area contributed by atoms with Crippen molar-refractivity contribution in [2.45, 2.75) is 17.1 Å². The van der Waals surface area contributed by atoms with Gasteiger partial charge in [-0.15, -0.1) is 11.8 Å². The van der Waals surface area contributed by atoms with Gasteiger partial charge in [0.2, 0.25) is 5.91 Å². The molecule has 0 aliphatic rings. The first-order chi connectivity index (χ1) is 22.1. The van der Waals surface area contributed by atoms with Crippen LogP contribution in [0, 0.1) is 23.3 Å². The maximum atomic E-state index is 14.0. The van der Waals surface area contributed by atoms with E-state index in [-0.39, 0.29) is 11.8 Å². The van der Waals surface area contributed by atoms with E-state index in [2.05, 4.69) is 10.6 Å². The first-order valence-corrected chi connectivity index (χ1v) is 14.8. The molecule has 5 rings (SSSR count). The Kier molecular flexibility index (Phi) is 9.82. The summed E-state index contributed by atoms with van der Waals surface area (Å²) in [6.07, 6.45) is 1.60. The molecule has 0 heterocycles. The van der Waals surface area contributed by atoms with Gasteiger partial charge in [0.25, 0.3) is 11.8 Å². The molecule has 0 aliphatic carbocycles. The fraction of sp³-hybridized carbons (Fsp3) is 0.0571. The molecule has 1 atom stereocenters. The topological polar surface area (TPSA) is 87.3 Å². The second kappa shape index (κ2) is 14.1. The van der Waals surface area contributed by atoms with Crippen LogP contribution in [0.4, 0.5) is 28.9 Å². The van der Waals surface area contributed by atoms with Gasteiger partial charge in [-0.1, -0.05) is 60.7 Å². The van der Waals surface area contributed by atoms with Gasteiger partial charge in [-0.2, -0.15) is 0 Å². The number of hydrogen-bond donors (Lipinski definition) is 3. The molecule has 0 bridgehead atoms. The Labute approximate surface area is 265 Å². The van der Waals surface area contributed by atoms with Crippen molar-refractivity contribution in [3.63, 3.8) is 0 Å². The fourth-order valence-electron chi connectivity index (χ4n) is 4.45. The van der Waals surface area contributed by atoms with Gasteiger partial charge in [0.15, 0.2) is 23.3 Å². The van der Waals surface area contributed by atoms with E-state index in [0.29, 0.717) is 16.1 Å². The lowest BCUT2D eigenvalue weighted by Gasteiger charge is -2.14. The summed E-state index contributed by atoms with van der Waals surface area (Å²) in [5.41, 5.74) is 0.258. The summed E-state index contributed by atoms with van der Waals surface area (Å²) in [6, 6.07) is 28.1. The highest BCUT2D eigenvalue weighted by atomic mass is 32.2. The van der Waals surface area contributed by atoms with Crippen LogP contribution in [-0.4, -0.2) is 23.0 Å². The number of halogens is 4. The van der Waals surface area contributed by atoms with E-state index >= 15 is 0 Å². The van der Waals surface area contributed by atoms with Crippen LogP contribution in [0.25, 0.3) is 16.8 Å². The highest BCUT2D eigenvalue weighted by Crippen LogP contribution is 2.29. The summed E-state index contributed by atoms with van der Waals surface area (Å²) in [5.74, 6) is -8.64. The van der Waals surface area contributed by atoms with E-state index in [9.17, 15) is 31.9 Å². The maximum Gasteiger partial charge on any atom is 0.272 e. The smallest absolute Gasteiger partial charge is 0.272 e. The van der Waals surface area contributed by atoms with Crippen LogP contribution in [0.15, 0.2) is 114 Å². The second-order valence-electron chi connectivity index (χ2n) is 10.0. The normalized spacial score (nSPS) is 12.0. The zero-order valence-electron chi connectivity index (χ0n) is 24.1. The minimum atomic E-state index is -1.71. The average Bonchev–Trinajstić information content (AvgIpc) is 3.06. The summed E-state index contributed by atoms with van der Waals surface area (Å²) < 4.78 is 55.0. The molecule has 6 nitrogen and oxygen atoms in total. The van der Waals surface area contributed by atoms with E-state index in [4.69, 9.17) is 0 Å². The van der Waals surface area contributed by atoms with Gasteiger partial charge in [-0.25, -0.2) is 17.6 Å². The van der Waals surface area contributed by atoms with Crippen LogP contribution in [0.3, 0.4) is 0 Å². The first kappa shape index (κ1) is 32.0. The Hall–Kier alpha value is -5.42. The van der Waals surface area contributed by atoms with Crippen LogP contribution in [-0.2, 0) is 9.59 Å². The minimum Gasteiger partial charge on any atom is -0.321 e. The summed E-state index contributed by atoms with van der Waals surface area (Å²) in [5, 5.41) is 8.30. The van der Waals surface area contributed by atoms with Gasteiger partial charge in [0, 0.05) is 22.2 Å². The van der Waals surface area contributed by atoms with Gasteiger partial charge in [-0.05, 0) is 65.7 Å². The monoisotopic (exact) mass is 643 g/mol. The van der Waals surface area contributed by atoms with E-state index in [1.165, 1.54) is 6.92 Å². The van der Waals surface area contributed by atoms with Crippen LogP contribution >= 0.6 is 11.8 Å². The average molecular weight is 644 g/mol. The third-order valence-electron chi connectivity index (χ3n) is 6.81. The van der Waals surface area contributed by atoms with Gasteiger partial charge >= 0.3 is 0 Å². The number of thioether (sulfide) groups is 1. The zero-order valence-corrected chi connectivity index (χ0v) is 24.9. The second-order valence-corrected chi connectivity index (χ2v) is 11.4. The molecule has 0 saturated carbocycles. The molecule has 0 radical (unpaired) electrons. The number of benzene rings is 5. The number of amides is 3. The summed E-state index contributed by atoms with van der Waals surface area (Å²) in [6.45, 7) is 1.45. The van der Waals surface area contributed by atoms with E-state index in [0.717, 1.165) is 28.1 Å². The lowest BCUT2D eigenvalue weighted by atomic mass is 10.0. The third-order valence-corrected chi connectivity index (χ3v) is 7.92. The first-order valence-electron chi connectivity index (χ1n) is 13.9. The van der Waals surface area contributed by atoms with Crippen LogP contribution < -0.4 is 16.0 Å². The molecule has 0 saturated heterocycles. The molecule has 5 aromatic carbocycles. The molecule has 0 spiro atoms. The van der Waals surface area contributed by atoms with Crippen molar-refractivity contribution in [3.8, 4) is 0 Å². The third kappa shape index (κ3) is 7.44. The van der Waals surface area contributed by atoms with E-state index in [1.54, 1.807) is 60.7 Å². The zero-order chi connectivity index (χ0) is 32.8. The summed E-state index contributed by atoms with van der Waals surface area (Å²) in [7, 11) is 0. The molecular formula is C35H25F4N3O3S. The molecule has 0 aromatic heterocycles. The summed E-state index contributed by atoms with van der Waals surface area (Å²) >= 11 is 1.01. The van der Waals surface area contributed by atoms with Crippen LogP contribution in [0.5, 0.6) is 0 Å². The number of carbonyl (C=O) groups excluding carboxylic acids is 3. The number of nitrogens with one attached hydrogen (secondary N) is 3. The number of carbonyl (C=O) groups is 3. The molecule has 46 heavy (non-hydrogen) atoms. The lowest BCUT2D eigenvalue weighted by Crippen LogP contribution is -2.30. The Morgan fingerprint density at radius 2 is 1.37 bits per heavy atom. The quantitative estimate of drug-likeness (QED) is 0.0659. The summed E-state index contributed by atoms with van der Waals surface area (Å²) in [4.78, 5) is 39.6. The van der Waals surface area contributed by atoms with E-state index in [1.807, 2.05) is 47.8 Å². The SMILES string of the molecule is CC(Sc1ccc(NC(=O)/C(=C/c2cccc3ccccc23)NC(=O)c2ccccc2)cc1)C(=O)Nc1c(F)c(F)cc(F)c1F. The molecule has 11 heteroatoms. The van der Waals surface area contributed by atoms with Crippen molar-refractivity contribution in [1.29, 1.82) is 0 Å². The molecule has 0 fully saturated rings. The van der Waals surface area contributed by atoms with Gasteiger partial charge in [-0.3, -0.25) is 14.4 Å². The van der Waals surface area contributed by atoms with Crippen molar-refractivity contribution in [1.82, 2.24) is 5.32 Å². The largest absolute Gasteiger partial charge is 0.321 e. The van der Waals surface area contributed by atoms with Gasteiger partial charge in [0.05, 0.1) is 5.25 Å². The molecular weight excluding hydrogens is 618 g/mol. The van der Waals surface area contributed by atoms with Crippen molar-refractivity contribution in [2.24, 2.45) is 0 Å². The number of fused-ring (bicyclic) bond motifs is 1. The van der Waals surface area contributed by atoms with E-state index < -0.39 is 51.9 Å². The Morgan fingerprint density at radius 3 is 2.07 bits per heavy atom. The lowest BCUT2D eigenvalue weighted by molar-refractivity contribution is -0.115. The van der Waals surface area contributed by atoms with Crippen molar-refractivity contribution < 1.29 is 31.9 Å². The molecule has 3 amide bonds. The van der Waals surface area contributed by atoms with Crippen LogP contribution in [0.2, 0.25) is 0 Å². The Bertz CT molecular complexity index is 1940. The molecule has 1 unspecified atom stereocenters. The Balaban J connectivity index is 1.31. The molecule has 5 aromatic rings. The highest BCUT2D eigenvalue weighted by molar-refractivity contribution is 8.00. The number of anilines is 2. The van der Waals surface area contributed by atoms with Crippen molar-refractivity contribution >= 4 is 57.7 Å². The van der Waals surface area contributed by atoms with Crippen LogP contribution in [0.1, 0.15) is 22.8 Å². The van der Waals surface area contributed by atoms with Crippen molar-refractivity contribution in [2.75, 3.05) is 10.6 Å². The standard InChI is InChI=1S/C35H25F4N3O3S/c1-20(33(43)42-32-30(38)27(36)19-28(37)31(32)39)46-25-16-14-24(15-17-25)40-35(45)29(41-34(44)22-9-3-2-4-10-22)18-23-12-7-11-21-8-5-6-13-26(21)23/h2-20H,1H3,(H,40,45)(H,41,44)(H,42,43)/b29-18-. The predicted molar refractivity (Wildman–Crippen MR) is 171 cm³/mol. The maximum absolute atomic E-state index is 14.0. The van der Waals surface area contributed by atoms with Crippen molar-refractivity contribution in [3.05, 3.63) is 143 Å². The molecule has 232 valence electrons.